The summed E-state index contributed by atoms with van der Waals surface area (Å²) >= 11 is 0. The number of benzene rings is 2. The number of carbonyl (C=O) groups is 5. The highest BCUT2D eigenvalue weighted by Crippen LogP contribution is 2.19. The average Bonchev–Trinajstić information content (AvgIpc) is 3.33. The van der Waals surface area contributed by atoms with Crippen LogP contribution in [0.3, 0.4) is 0 Å². The van der Waals surface area contributed by atoms with Crippen molar-refractivity contribution in [3.05, 3.63) is 71.9 Å². The number of hydrogen-bond donors (Lipinski definition) is 8. The Kier molecular flexibility index (Phi) is 10.6. The molecule has 0 aliphatic rings. The van der Waals surface area contributed by atoms with Crippen molar-refractivity contribution >= 4 is 40.6 Å². The summed E-state index contributed by atoms with van der Waals surface area (Å²) in [5, 5.41) is 36.8. The summed E-state index contributed by atoms with van der Waals surface area (Å²) in [4.78, 5) is 65.1. The molecular formula is C28H33N5O8. The third-order valence-electron chi connectivity index (χ3n) is 6.42. The number of nitrogens with two attached hydrogens (primary N) is 1. The maximum Gasteiger partial charge on any atom is 0.326 e. The van der Waals surface area contributed by atoms with Crippen LogP contribution in [-0.4, -0.2) is 80.2 Å². The van der Waals surface area contributed by atoms with Gasteiger partial charge in [0.15, 0.2) is 0 Å². The first-order valence-electron chi connectivity index (χ1n) is 12.8. The van der Waals surface area contributed by atoms with Gasteiger partial charge in [-0.1, -0.05) is 48.5 Å². The molecule has 0 aliphatic carbocycles. The highest BCUT2D eigenvalue weighted by Gasteiger charge is 2.33. The molecule has 13 heteroatoms. The number of para-hydroxylation sites is 1. The highest BCUT2D eigenvalue weighted by molar-refractivity contribution is 5.96. The Bertz CT molecular complexity index is 1390. The molecule has 218 valence electrons. The van der Waals surface area contributed by atoms with Gasteiger partial charge in [-0.3, -0.25) is 19.2 Å². The van der Waals surface area contributed by atoms with E-state index < -0.39 is 66.4 Å². The van der Waals surface area contributed by atoms with E-state index in [0.29, 0.717) is 5.56 Å². The summed E-state index contributed by atoms with van der Waals surface area (Å²) < 4.78 is 0. The molecule has 3 amide bonds. The van der Waals surface area contributed by atoms with Gasteiger partial charge in [-0.05, 0) is 30.5 Å². The summed E-state index contributed by atoms with van der Waals surface area (Å²) in [6.45, 7) is 1.22. The third kappa shape index (κ3) is 8.62. The molecule has 5 atom stereocenters. The lowest BCUT2D eigenvalue weighted by molar-refractivity contribution is -0.143. The Morgan fingerprint density at radius 3 is 2.10 bits per heavy atom. The molecule has 3 aromatic rings. The van der Waals surface area contributed by atoms with Crippen LogP contribution in [-0.2, 0) is 36.8 Å². The molecule has 1 aromatic heterocycles. The average molecular weight is 568 g/mol. The number of aromatic amines is 1. The molecule has 0 bridgehead atoms. The molecule has 0 aliphatic heterocycles. The van der Waals surface area contributed by atoms with Crippen LogP contribution in [0.2, 0.25) is 0 Å². The van der Waals surface area contributed by atoms with E-state index in [-0.39, 0.29) is 12.8 Å². The summed E-state index contributed by atoms with van der Waals surface area (Å²) in [7, 11) is 0. The molecule has 13 nitrogen and oxygen atoms in total. The topological polar surface area (TPSA) is 224 Å². The summed E-state index contributed by atoms with van der Waals surface area (Å²) in [6.07, 6.45) is -0.681. The zero-order chi connectivity index (χ0) is 30.1. The molecule has 0 spiro atoms. The van der Waals surface area contributed by atoms with Crippen LogP contribution in [0, 0.1) is 0 Å². The van der Waals surface area contributed by atoms with Crippen LogP contribution in [0.25, 0.3) is 10.9 Å². The minimum absolute atomic E-state index is 0.121. The lowest BCUT2D eigenvalue weighted by Crippen LogP contribution is -2.60. The van der Waals surface area contributed by atoms with Gasteiger partial charge in [0.1, 0.15) is 18.1 Å². The quantitative estimate of drug-likeness (QED) is 0.128. The first-order valence-corrected chi connectivity index (χ1v) is 12.8. The van der Waals surface area contributed by atoms with Crippen molar-refractivity contribution in [1.82, 2.24) is 20.9 Å². The van der Waals surface area contributed by atoms with Gasteiger partial charge in [0.25, 0.3) is 0 Å². The van der Waals surface area contributed by atoms with E-state index in [1.54, 1.807) is 60.8 Å². The van der Waals surface area contributed by atoms with Crippen molar-refractivity contribution < 1.29 is 39.3 Å². The van der Waals surface area contributed by atoms with E-state index in [1.165, 1.54) is 6.92 Å². The van der Waals surface area contributed by atoms with Gasteiger partial charge >= 0.3 is 11.9 Å². The largest absolute Gasteiger partial charge is 0.481 e. The van der Waals surface area contributed by atoms with Crippen molar-refractivity contribution in [2.45, 2.75) is 56.5 Å². The number of rotatable bonds is 14. The van der Waals surface area contributed by atoms with E-state index in [2.05, 4.69) is 20.9 Å². The normalized spacial score (nSPS) is 14.7. The number of amides is 3. The first-order chi connectivity index (χ1) is 19.5. The van der Waals surface area contributed by atoms with Gasteiger partial charge in [0.2, 0.25) is 17.7 Å². The number of hydrogen-bond acceptors (Lipinski definition) is 7. The summed E-state index contributed by atoms with van der Waals surface area (Å²) in [5.41, 5.74) is 8.11. The van der Waals surface area contributed by atoms with E-state index in [4.69, 9.17) is 5.73 Å². The van der Waals surface area contributed by atoms with Crippen LogP contribution in [0.15, 0.2) is 60.8 Å². The number of nitrogens with one attached hydrogen (secondary N) is 4. The van der Waals surface area contributed by atoms with E-state index in [1.807, 2.05) is 0 Å². The highest BCUT2D eigenvalue weighted by atomic mass is 16.4. The minimum atomic E-state index is -1.71. The molecule has 0 fully saturated rings. The van der Waals surface area contributed by atoms with Crippen molar-refractivity contribution in [3.63, 3.8) is 0 Å². The number of aliphatic hydroxyl groups is 1. The predicted molar refractivity (Wildman–Crippen MR) is 147 cm³/mol. The maximum absolute atomic E-state index is 13.0. The molecule has 9 N–H and O–H groups in total. The molecule has 0 radical (unpaired) electrons. The maximum atomic E-state index is 13.0. The van der Waals surface area contributed by atoms with Gasteiger partial charge in [-0.2, -0.15) is 0 Å². The minimum Gasteiger partial charge on any atom is -0.481 e. The number of carbonyl (C=O) groups excluding carboxylic acids is 3. The number of aliphatic hydroxyl groups excluding tert-OH is 1. The Hall–Kier alpha value is -4.75. The van der Waals surface area contributed by atoms with Gasteiger partial charge in [-0.25, -0.2) is 4.79 Å². The molecule has 1 heterocycles. The zero-order valence-corrected chi connectivity index (χ0v) is 22.2. The molecule has 2 aromatic carbocycles. The monoisotopic (exact) mass is 567 g/mol. The summed E-state index contributed by atoms with van der Waals surface area (Å²) in [6, 6.07) is 10.3. The zero-order valence-electron chi connectivity index (χ0n) is 22.2. The Morgan fingerprint density at radius 1 is 0.829 bits per heavy atom. The van der Waals surface area contributed by atoms with Crippen LogP contribution in [0.5, 0.6) is 0 Å². The van der Waals surface area contributed by atoms with Crippen LogP contribution >= 0.6 is 0 Å². The fourth-order valence-corrected chi connectivity index (χ4v) is 4.26. The lowest BCUT2D eigenvalue weighted by Gasteiger charge is -2.26. The van der Waals surface area contributed by atoms with Gasteiger partial charge in [0.05, 0.1) is 18.6 Å². The first kappa shape index (κ1) is 30.8. The summed E-state index contributed by atoms with van der Waals surface area (Å²) in [5.74, 6) is -5.68. The Labute approximate surface area is 235 Å². The molecular weight excluding hydrogens is 534 g/mol. The molecule has 5 unspecified atom stereocenters. The SMILES string of the molecule is CC(O)C(NC(=O)C(N)Cc1ccccc1)C(=O)NC(CC(=O)O)C(=O)NC(Cc1c[nH]c2ccccc12)C(=O)O. The van der Waals surface area contributed by atoms with E-state index >= 15 is 0 Å². The second kappa shape index (κ2) is 14.1. The number of carboxylic acid groups (broad SMARTS) is 2. The van der Waals surface area contributed by atoms with Crippen LogP contribution in [0.1, 0.15) is 24.5 Å². The Balaban J connectivity index is 1.70. The standard InChI is InChI=1S/C28H33N5O8/c1-15(34)24(33-25(37)19(29)11-16-7-3-2-4-8-16)27(39)31-21(13-23(35)36)26(38)32-22(28(40)41)12-17-14-30-20-10-6-5-9-18(17)20/h2-10,14-15,19,21-22,24,30,34H,11-13,29H2,1H3,(H,31,39)(H,32,38)(H,33,37)(H,35,36)(H,40,41). The Morgan fingerprint density at radius 2 is 1.46 bits per heavy atom. The second-order valence-electron chi connectivity index (χ2n) is 9.65. The van der Waals surface area contributed by atoms with E-state index in [0.717, 1.165) is 16.5 Å². The number of fused-ring (bicyclic) bond motifs is 1. The lowest BCUT2D eigenvalue weighted by atomic mass is 10.0. The molecule has 0 saturated heterocycles. The predicted octanol–water partition coefficient (Wildman–Crippen LogP) is -0.325. The van der Waals surface area contributed by atoms with Gasteiger partial charge < -0.3 is 42.0 Å². The van der Waals surface area contributed by atoms with Gasteiger partial charge in [0, 0.05) is 23.5 Å². The van der Waals surface area contributed by atoms with Crippen molar-refractivity contribution in [3.8, 4) is 0 Å². The van der Waals surface area contributed by atoms with E-state index in [9.17, 15) is 39.3 Å². The van der Waals surface area contributed by atoms with Crippen molar-refractivity contribution in [1.29, 1.82) is 0 Å². The smallest absolute Gasteiger partial charge is 0.326 e. The van der Waals surface area contributed by atoms with Crippen molar-refractivity contribution in [2.75, 3.05) is 0 Å². The number of aliphatic carboxylic acids is 2. The van der Waals surface area contributed by atoms with Crippen LogP contribution in [0.4, 0.5) is 0 Å². The molecule has 41 heavy (non-hydrogen) atoms. The number of carboxylic acids is 2. The van der Waals surface area contributed by atoms with Crippen molar-refractivity contribution in [2.24, 2.45) is 5.73 Å². The fraction of sp³-hybridized carbons (Fsp3) is 0.321. The third-order valence-corrected chi connectivity index (χ3v) is 6.42. The molecule has 3 rings (SSSR count). The number of aromatic nitrogens is 1. The van der Waals surface area contributed by atoms with Crippen LogP contribution < -0.4 is 21.7 Å². The number of H-pyrrole nitrogens is 1. The van der Waals surface area contributed by atoms with Gasteiger partial charge in [-0.15, -0.1) is 0 Å². The molecule has 0 saturated carbocycles. The second-order valence-corrected chi connectivity index (χ2v) is 9.65. The fourth-order valence-electron chi connectivity index (χ4n) is 4.26.